The van der Waals surface area contributed by atoms with Crippen LogP contribution in [0.2, 0.25) is 0 Å². The molecule has 0 bridgehead atoms. The smallest absolute Gasteiger partial charge is 0.242 e. The zero-order chi connectivity index (χ0) is 17.1. The molecule has 0 saturated carbocycles. The number of carbonyl (C=O) groups excluding carboxylic acids is 1. The summed E-state index contributed by atoms with van der Waals surface area (Å²) in [6, 6.07) is 5.37. The van der Waals surface area contributed by atoms with Crippen LogP contribution in [0.1, 0.15) is 30.0 Å². The summed E-state index contributed by atoms with van der Waals surface area (Å²) in [7, 11) is 0. The molecule has 1 aliphatic rings. The molecule has 7 heteroatoms. The molecule has 1 atom stereocenters. The number of nitrogens with zero attached hydrogens (tertiary/aromatic N) is 5. The van der Waals surface area contributed by atoms with Crippen LogP contribution in [-0.4, -0.2) is 43.5 Å². The van der Waals surface area contributed by atoms with Gasteiger partial charge in [0.25, 0.3) is 0 Å². The van der Waals surface area contributed by atoms with E-state index >= 15 is 0 Å². The Labute approximate surface area is 145 Å². The van der Waals surface area contributed by atoms with E-state index in [0.29, 0.717) is 6.54 Å². The minimum absolute atomic E-state index is 0.00909. The molecule has 1 N–H and O–H groups in total. The number of rotatable bonds is 5. The highest BCUT2D eigenvalue weighted by Crippen LogP contribution is 2.25. The zero-order valence-electron chi connectivity index (χ0n) is 13.9. The minimum atomic E-state index is -0.300. The van der Waals surface area contributed by atoms with Crippen molar-refractivity contribution in [2.45, 2.75) is 25.4 Å². The van der Waals surface area contributed by atoms with Gasteiger partial charge in [-0.3, -0.25) is 14.7 Å². The van der Waals surface area contributed by atoms with Crippen molar-refractivity contribution in [1.29, 1.82) is 0 Å². The minimum Gasteiger partial charge on any atom is -0.350 e. The SMILES string of the molecule is O=C(NCc1cnn2cccnc12)[C@@H](c1cccnc1)N1CCCC1. The van der Waals surface area contributed by atoms with E-state index in [0.717, 1.165) is 42.7 Å². The van der Waals surface area contributed by atoms with Crippen molar-refractivity contribution in [2.24, 2.45) is 0 Å². The van der Waals surface area contributed by atoms with Gasteiger partial charge in [-0.05, 0) is 43.6 Å². The van der Waals surface area contributed by atoms with Gasteiger partial charge in [0, 0.05) is 36.9 Å². The molecule has 0 aromatic carbocycles. The van der Waals surface area contributed by atoms with Crippen molar-refractivity contribution in [3.63, 3.8) is 0 Å². The third-order valence-electron chi connectivity index (χ3n) is 4.56. The number of likely N-dealkylation sites (tertiary alicyclic amines) is 1. The van der Waals surface area contributed by atoms with E-state index < -0.39 is 0 Å². The highest BCUT2D eigenvalue weighted by Gasteiger charge is 2.29. The molecular weight excluding hydrogens is 316 g/mol. The van der Waals surface area contributed by atoms with Gasteiger partial charge in [-0.2, -0.15) is 5.10 Å². The van der Waals surface area contributed by atoms with Crippen LogP contribution in [0.25, 0.3) is 5.65 Å². The van der Waals surface area contributed by atoms with E-state index in [1.807, 2.05) is 24.4 Å². The van der Waals surface area contributed by atoms with Gasteiger partial charge in [0.1, 0.15) is 6.04 Å². The van der Waals surface area contributed by atoms with E-state index in [1.54, 1.807) is 29.3 Å². The van der Waals surface area contributed by atoms with Crippen molar-refractivity contribution >= 4 is 11.6 Å². The number of pyridine rings is 1. The molecular formula is C18H20N6O. The molecule has 3 aromatic heterocycles. The fraction of sp³-hybridized carbons (Fsp3) is 0.333. The van der Waals surface area contributed by atoms with Gasteiger partial charge in [0.15, 0.2) is 5.65 Å². The van der Waals surface area contributed by atoms with Gasteiger partial charge in [-0.1, -0.05) is 6.07 Å². The second kappa shape index (κ2) is 6.98. The Kier molecular flexibility index (Phi) is 4.39. The molecule has 0 unspecified atom stereocenters. The number of hydrogen-bond donors (Lipinski definition) is 1. The first-order chi connectivity index (χ1) is 12.3. The monoisotopic (exact) mass is 336 g/mol. The van der Waals surface area contributed by atoms with E-state index in [9.17, 15) is 4.79 Å². The van der Waals surface area contributed by atoms with Gasteiger partial charge < -0.3 is 5.32 Å². The normalized spacial score (nSPS) is 16.2. The summed E-state index contributed by atoms with van der Waals surface area (Å²) in [5.74, 6) is -0.00909. The Morgan fingerprint density at radius 1 is 1.20 bits per heavy atom. The standard InChI is InChI=1S/C18H20N6O/c25-18(21-12-15-13-22-24-10-4-7-20-17(15)24)16(23-8-1-2-9-23)14-5-3-6-19-11-14/h3-7,10-11,13,16H,1-2,8-9,12H2,(H,21,25)/t16-/m1/s1. The van der Waals surface area contributed by atoms with Crippen molar-refractivity contribution in [3.05, 3.63) is 60.3 Å². The van der Waals surface area contributed by atoms with E-state index in [4.69, 9.17) is 0 Å². The summed E-state index contributed by atoms with van der Waals surface area (Å²) in [5, 5.41) is 7.31. The lowest BCUT2D eigenvalue weighted by atomic mass is 10.1. The molecule has 7 nitrogen and oxygen atoms in total. The average Bonchev–Trinajstić information content (AvgIpc) is 3.31. The Bertz CT molecular complexity index is 856. The molecule has 3 aromatic rings. The molecule has 1 aliphatic heterocycles. The summed E-state index contributed by atoms with van der Waals surface area (Å²) in [4.78, 5) is 23.7. The predicted octanol–water partition coefficient (Wildman–Crippen LogP) is 1.58. The lowest BCUT2D eigenvalue weighted by molar-refractivity contribution is -0.126. The maximum atomic E-state index is 12.9. The highest BCUT2D eigenvalue weighted by atomic mass is 16.2. The van der Waals surface area contributed by atoms with E-state index in [1.165, 1.54) is 0 Å². The molecule has 128 valence electrons. The first-order valence-electron chi connectivity index (χ1n) is 8.52. The first kappa shape index (κ1) is 15.7. The zero-order valence-corrected chi connectivity index (χ0v) is 13.9. The molecule has 1 fully saturated rings. The van der Waals surface area contributed by atoms with Crippen LogP contribution in [0, 0.1) is 0 Å². The van der Waals surface area contributed by atoms with Crippen LogP contribution >= 0.6 is 0 Å². The Hall–Kier alpha value is -2.80. The topological polar surface area (TPSA) is 75.4 Å². The Morgan fingerprint density at radius 2 is 2.08 bits per heavy atom. The third kappa shape index (κ3) is 3.23. The van der Waals surface area contributed by atoms with Gasteiger partial charge in [0.2, 0.25) is 5.91 Å². The van der Waals surface area contributed by atoms with E-state index in [-0.39, 0.29) is 11.9 Å². The Balaban J connectivity index is 1.52. The second-order valence-electron chi connectivity index (χ2n) is 6.21. The highest BCUT2D eigenvalue weighted by molar-refractivity contribution is 5.83. The molecule has 0 spiro atoms. The van der Waals surface area contributed by atoms with Gasteiger partial charge in [-0.25, -0.2) is 9.50 Å². The van der Waals surface area contributed by atoms with Crippen molar-refractivity contribution in [1.82, 2.24) is 29.8 Å². The van der Waals surface area contributed by atoms with Gasteiger partial charge in [0.05, 0.1) is 6.20 Å². The third-order valence-corrected chi connectivity index (χ3v) is 4.56. The van der Waals surface area contributed by atoms with Crippen molar-refractivity contribution in [3.8, 4) is 0 Å². The van der Waals surface area contributed by atoms with Crippen LogP contribution in [0.3, 0.4) is 0 Å². The number of amides is 1. The van der Waals surface area contributed by atoms with Crippen LogP contribution in [0.4, 0.5) is 0 Å². The lowest BCUT2D eigenvalue weighted by Crippen LogP contribution is -2.39. The Morgan fingerprint density at radius 3 is 2.88 bits per heavy atom. The maximum Gasteiger partial charge on any atom is 0.242 e. The van der Waals surface area contributed by atoms with E-state index in [2.05, 4.69) is 25.3 Å². The number of aromatic nitrogens is 4. The van der Waals surface area contributed by atoms with Crippen molar-refractivity contribution < 1.29 is 4.79 Å². The number of fused-ring (bicyclic) bond motifs is 1. The molecule has 0 radical (unpaired) electrons. The van der Waals surface area contributed by atoms with Gasteiger partial charge >= 0.3 is 0 Å². The summed E-state index contributed by atoms with van der Waals surface area (Å²) >= 11 is 0. The molecule has 4 heterocycles. The number of carbonyl (C=O) groups is 1. The van der Waals surface area contributed by atoms with Crippen molar-refractivity contribution in [2.75, 3.05) is 13.1 Å². The number of hydrogen-bond acceptors (Lipinski definition) is 5. The first-order valence-corrected chi connectivity index (χ1v) is 8.52. The molecule has 1 saturated heterocycles. The fourth-order valence-corrected chi connectivity index (χ4v) is 3.35. The fourth-order valence-electron chi connectivity index (χ4n) is 3.35. The van der Waals surface area contributed by atoms with Crippen LogP contribution in [0.15, 0.2) is 49.2 Å². The molecule has 0 aliphatic carbocycles. The summed E-state index contributed by atoms with van der Waals surface area (Å²) < 4.78 is 1.71. The van der Waals surface area contributed by atoms with Crippen LogP contribution < -0.4 is 5.32 Å². The summed E-state index contributed by atoms with van der Waals surface area (Å²) in [6.07, 6.45) is 11.1. The molecule has 4 rings (SSSR count). The average molecular weight is 336 g/mol. The van der Waals surface area contributed by atoms with Crippen LogP contribution in [-0.2, 0) is 11.3 Å². The molecule has 25 heavy (non-hydrogen) atoms. The maximum absolute atomic E-state index is 12.9. The van der Waals surface area contributed by atoms with Crippen LogP contribution in [0.5, 0.6) is 0 Å². The lowest BCUT2D eigenvalue weighted by Gasteiger charge is -2.26. The predicted molar refractivity (Wildman–Crippen MR) is 92.6 cm³/mol. The number of nitrogens with one attached hydrogen (secondary N) is 1. The quantitative estimate of drug-likeness (QED) is 0.765. The summed E-state index contributed by atoms with van der Waals surface area (Å²) in [6.45, 7) is 2.28. The second-order valence-corrected chi connectivity index (χ2v) is 6.21. The van der Waals surface area contributed by atoms with Gasteiger partial charge in [-0.15, -0.1) is 0 Å². The summed E-state index contributed by atoms with van der Waals surface area (Å²) in [5.41, 5.74) is 2.60. The molecule has 1 amide bonds. The largest absolute Gasteiger partial charge is 0.350 e.